The van der Waals surface area contributed by atoms with Gasteiger partial charge in [0, 0.05) is 26.6 Å². The second-order valence-corrected chi connectivity index (χ2v) is 6.62. The van der Waals surface area contributed by atoms with Crippen LogP contribution in [0.5, 0.6) is 11.5 Å². The third kappa shape index (κ3) is 3.85. The number of hydrogen-bond acceptors (Lipinski definition) is 5. The van der Waals surface area contributed by atoms with E-state index in [0.717, 1.165) is 4.31 Å². The number of carbonyl (C=O) groups is 1. The van der Waals surface area contributed by atoms with Crippen LogP contribution in [-0.4, -0.2) is 52.1 Å². The monoisotopic (exact) mass is 317 g/mol. The van der Waals surface area contributed by atoms with Crippen molar-refractivity contribution in [3.63, 3.8) is 0 Å². The van der Waals surface area contributed by atoms with Crippen LogP contribution in [0.3, 0.4) is 0 Å². The van der Waals surface area contributed by atoms with Crippen LogP contribution in [0.1, 0.15) is 12.0 Å². The largest absolute Gasteiger partial charge is 0.493 e. The number of nitrogens with zero attached hydrogens (tertiary/aromatic N) is 1. The van der Waals surface area contributed by atoms with E-state index in [9.17, 15) is 13.2 Å². The van der Waals surface area contributed by atoms with Crippen LogP contribution in [0, 0.1) is 0 Å². The Kier molecular flexibility index (Phi) is 5.56. The highest BCUT2D eigenvalue weighted by atomic mass is 32.2. The van der Waals surface area contributed by atoms with Gasteiger partial charge in [0.05, 0.1) is 19.1 Å². The van der Waals surface area contributed by atoms with Crippen LogP contribution in [0.2, 0.25) is 0 Å². The lowest BCUT2D eigenvalue weighted by Gasteiger charge is -2.17. The van der Waals surface area contributed by atoms with E-state index >= 15 is 0 Å². The quantitative estimate of drug-likeness (QED) is 0.805. The Morgan fingerprint density at radius 1 is 1.19 bits per heavy atom. The van der Waals surface area contributed by atoms with Crippen molar-refractivity contribution < 1.29 is 27.8 Å². The first-order valence-corrected chi connectivity index (χ1v) is 7.57. The lowest BCUT2D eigenvalue weighted by atomic mass is 10.1. The van der Waals surface area contributed by atoms with Crippen molar-refractivity contribution in [1.82, 2.24) is 4.31 Å². The number of benzene rings is 1. The molecule has 1 rings (SSSR count). The smallest absolute Gasteiger partial charge is 0.303 e. The molecule has 0 fully saturated rings. The molecule has 0 bridgehead atoms. The van der Waals surface area contributed by atoms with Crippen molar-refractivity contribution in [1.29, 1.82) is 0 Å². The molecule has 0 aromatic heterocycles. The van der Waals surface area contributed by atoms with Gasteiger partial charge in [-0.05, 0) is 18.1 Å². The van der Waals surface area contributed by atoms with Gasteiger partial charge in [-0.2, -0.15) is 0 Å². The Labute approximate surface area is 124 Å². The first-order valence-electron chi connectivity index (χ1n) is 6.13. The molecule has 8 heteroatoms. The molecule has 0 amide bonds. The highest BCUT2D eigenvalue weighted by molar-refractivity contribution is 7.89. The summed E-state index contributed by atoms with van der Waals surface area (Å²) in [5.41, 5.74) is 0.378. The third-order valence-corrected chi connectivity index (χ3v) is 4.83. The topological polar surface area (TPSA) is 93.1 Å². The molecule has 0 saturated carbocycles. The van der Waals surface area contributed by atoms with E-state index in [4.69, 9.17) is 14.6 Å². The van der Waals surface area contributed by atoms with Gasteiger partial charge in [0.1, 0.15) is 0 Å². The predicted octanol–water partition coefficient (Wildman–Crippen LogP) is 0.971. The number of aliphatic carboxylic acids is 1. The van der Waals surface area contributed by atoms with Crippen LogP contribution in [-0.2, 0) is 21.2 Å². The van der Waals surface area contributed by atoms with E-state index in [1.54, 1.807) is 0 Å². The first kappa shape index (κ1) is 17.3. The van der Waals surface area contributed by atoms with E-state index in [-0.39, 0.29) is 23.5 Å². The summed E-state index contributed by atoms with van der Waals surface area (Å²) in [7, 11) is 1.94. The molecule has 0 aliphatic rings. The van der Waals surface area contributed by atoms with Gasteiger partial charge in [-0.3, -0.25) is 4.79 Å². The van der Waals surface area contributed by atoms with Gasteiger partial charge in [-0.25, -0.2) is 12.7 Å². The van der Waals surface area contributed by atoms with E-state index in [0.29, 0.717) is 11.3 Å². The average molecular weight is 317 g/mol. The van der Waals surface area contributed by atoms with Gasteiger partial charge in [-0.1, -0.05) is 0 Å². The van der Waals surface area contributed by atoms with Crippen LogP contribution in [0.4, 0.5) is 0 Å². The van der Waals surface area contributed by atoms with Crippen LogP contribution in [0.15, 0.2) is 17.0 Å². The molecule has 21 heavy (non-hydrogen) atoms. The van der Waals surface area contributed by atoms with Crippen molar-refractivity contribution in [3.8, 4) is 11.5 Å². The Morgan fingerprint density at radius 3 is 2.14 bits per heavy atom. The number of aryl methyl sites for hydroxylation is 1. The second kappa shape index (κ2) is 6.77. The molecule has 0 aliphatic carbocycles. The van der Waals surface area contributed by atoms with Crippen LogP contribution in [0.25, 0.3) is 0 Å². The predicted molar refractivity (Wildman–Crippen MR) is 76.4 cm³/mol. The van der Waals surface area contributed by atoms with Crippen molar-refractivity contribution >= 4 is 16.0 Å². The zero-order valence-electron chi connectivity index (χ0n) is 12.4. The molecule has 1 aromatic carbocycles. The van der Waals surface area contributed by atoms with Gasteiger partial charge in [0.2, 0.25) is 10.0 Å². The summed E-state index contributed by atoms with van der Waals surface area (Å²) in [6, 6.07) is 2.85. The van der Waals surface area contributed by atoms with E-state index in [1.165, 1.54) is 40.4 Å². The molecular weight excluding hydrogens is 298 g/mol. The van der Waals surface area contributed by atoms with E-state index < -0.39 is 16.0 Å². The molecular formula is C13H19NO6S. The second-order valence-electron chi connectivity index (χ2n) is 4.50. The summed E-state index contributed by atoms with van der Waals surface area (Å²) in [5, 5.41) is 8.79. The van der Waals surface area contributed by atoms with E-state index in [1.807, 2.05) is 0 Å². The van der Waals surface area contributed by atoms with Crippen molar-refractivity contribution in [2.45, 2.75) is 17.7 Å². The fraction of sp³-hybridized carbons (Fsp3) is 0.462. The summed E-state index contributed by atoms with van der Waals surface area (Å²) >= 11 is 0. The molecule has 0 atom stereocenters. The fourth-order valence-corrected chi connectivity index (χ4v) is 2.92. The fourth-order valence-electron chi connectivity index (χ4n) is 1.78. The number of hydrogen-bond donors (Lipinski definition) is 1. The molecule has 0 radical (unpaired) electrons. The maximum atomic E-state index is 12.3. The SMILES string of the molecule is COc1cc(CCC(=O)O)c(S(=O)(=O)N(C)C)cc1OC. The first-order chi connectivity index (χ1) is 9.73. The minimum Gasteiger partial charge on any atom is -0.493 e. The zero-order chi connectivity index (χ0) is 16.2. The van der Waals surface area contributed by atoms with Crippen molar-refractivity contribution in [3.05, 3.63) is 17.7 Å². The number of sulfonamides is 1. The molecule has 1 N–H and O–H groups in total. The summed E-state index contributed by atoms with van der Waals surface area (Å²) in [6.45, 7) is 0. The zero-order valence-corrected chi connectivity index (χ0v) is 13.2. The normalized spacial score (nSPS) is 11.5. The molecule has 1 aromatic rings. The summed E-state index contributed by atoms with van der Waals surface area (Å²) in [4.78, 5) is 10.7. The molecule has 0 aliphatic heterocycles. The molecule has 0 saturated heterocycles. The Bertz CT molecular complexity index is 624. The highest BCUT2D eigenvalue weighted by Crippen LogP contribution is 2.34. The molecule has 118 valence electrons. The van der Waals surface area contributed by atoms with Crippen LogP contribution < -0.4 is 9.47 Å². The van der Waals surface area contributed by atoms with Gasteiger partial charge >= 0.3 is 5.97 Å². The van der Waals surface area contributed by atoms with E-state index in [2.05, 4.69) is 0 Å². The lowest BCUT2D eigenvalue weighted by Crippen LogP contribution is -2.23. The molecule has 0 spiro atoms. The lowest BCUT2D eigenvalue weighted by molar-refractivity contribution is -0.136. The minimum absolute atomic E-state index is 0.0198. The van der Waals surface area contributed by atoms with Crippen molar-refractivity contribution in [2.24, 2.45) is 0 Å². The van der Waals surface area contributed by atoms with Gasteiger partial charge in [0.15, 0.2) is 11.5 Å². The number of ether oxygens (including phenoxy) is 2. The Balaban J connectivity index is 3.47. The maximum absolute atomic E-state index is 12.3. The van der Waals surface area contributed by atoms with Gasteiger partial charge in [0.25, 0.3) is 0 Å². The standard InChI is InChI=1S/C13H19NO6S/c1-14(2)21(17,18)12-8-11(20-4)10(19-3)7-9(12)5-6-13(15)16/h7-8H,5-6H2,1-4H3,(H,15,16). The summed E-state index contributed by atoms with van der Waals surface area (Å²) in [6.07, 6.45) is -0.0937. The molecule has 7 nitrogen and oxygen atoms in total. The Hall–Kier alpha value is -1.80. The Morgan fingerprint density at radius 2 is 1.71 bits per heavy atom. The highest BCUT2D eigenvalue weighted by Gasteiger charge is 2.24. The van der Waals surface area contributed by atoms with Crippen molar-refractivity contribution in [2.75, 3.05) is 28.3 Å². The van der Waals surface area contributed by atoms with Crippen LogP contribution >= 0.6 is 0 Å². The van der Waals surface area contributed by atoms with Gasteiger partial charge in [-0.15, -0.1) is 0 Å². The maximum Gasteiger partial charge on any atom is 0.303 e. The molecule has 0 heterocycles. The number of carboxylic acids is 1. The number of rotatable bonds is 7. The number of carboxylic acid groups (broad SMARTS) is 1. The average Bonchev–Trinajstić information content (AvgIpc) is 2.43. The number of methoxy groups -OCH3 is 2. The molecule has 0 unspecified atom stereocenters. The van der Waals surface area contributed by atoms with Gasteiger partial charge < -0.3 is 14.6 Å². The summed E-state index contributed by atoms with van der Waals surface area (Å²) in [5.74, 6) is -0.370. The third-order valence-electron chi connectivity index (χ3n) is 2.93. The summed E-state index contributed by atoms with van der Waals surface area (Å²) < 4.78 is 36.0. The minimum atomic E-state index is -3.71.